The minimum atomic E-state index is -0.0895. The van der Waals surface area contributed by atoms with Crippen molar-refractivity contribution in [3.8, 4) is 11.4 Å². The van der Waals surface area contributed by atoms with E-state index in [2.05, 4.69) is 41.8 Å². The number of halogens is 3. The van der Waals surface area contributed by atoms with Gasteiger partial charge in [-0.3, -0.25) is 4.79 Å². The van der Waals surface area contributed by atoms with Crippen molar-refractivity contribution in [1.82, 2.24) is 9.97 Å². The summed E-state index contributed by atoms with van der Waals surface area (Å²) in [6.45, 7) is 4.07. The van der Waals surface area contributed by atoms with Crippen molar-refractivity contribution in [1.29, 1.82) is 0 Å². The molecule has 3 nitrogen and oxygen atoms in total. The monoisotopic (exact) mass is 496 g/mol. The molecule has 100 valence electrons. The van der Waals surface area contributed by atoms with Crippen LogP contribution in [0.2, 0.25) is 0 Å². The Morgan fingerprint density at radius 3 is 2.53 bits per heavy atom. The van der Waals surface area contributed by atoms with Crippen molar-refractivity contribution in [2.75, 3.05) is 0 Å². The third-order valence-electron chi connectivity index (χ3n) is 2.63. The fraction of sp³-hybridized carbons (Fsp3) is 0.231. The Morgan fingerprint density at radius 1 is 1.26 bits per heavy atom. The largest absolute Gasteiger partial charge is 0.306 e. The van der Waals surface area contributed by atoms with E-state index in [9.17, 15) is 4.79 Å². The Kier molecular flexibility index (Phi) is 4.84. The summed E-state index contributed by atoms with van der Waals surface area (Å²) in [4.78, 5) is 19.4. The average molecular weight is 498 g/mol. The second kappa shape index (κ2) is 6.05. The number of rotatable bonds is 2. The van der Waals surface area contributed by atoms with Crippen molar-refractivity contribution in [3.05, 3.63) is 46.8 Å². The van der Waals surface area contributed by atoms with Crippen molar-refractivity contribution in [2.45, 2.75) is 19.8 Å². The highest BCUT2D eigenvalue weighted by atomic mass is 127. The number of nitrogens with zero attached hydrogens (tertiary/aromatic N) is 1. The summed E-state index contributed by atoms with van der Waals surface area (Å²) in [7, 11) is 0. The molecule has 1 heterocycles. The van der Waals surface area contributed by atoms with E-state index in [1.807, 2.05) is 54.6 Å². The lowest BCUT2D eigenvalue weighted by molar-refractivity contribution is 0.802. The molecule has 0 unspecified atom stereocenters. The molecule has 0 aliphatic carbocycles. The fourth-order valence-corrected chi connectivity index (χ4v) is 3.14. The highest BCUT2D eigenvalue weighted by molar-refractivity contribution is 14.1. The summed E-state index contributed by atoms with van der Waals surface area (Å²) in [6, 6.07) is 5.77. The van der Waals surface area contributed by atoms with Crippen molar-refractivity contribution >= 4 is 54.5 Å². The quantitative estimate of drug-likeness (QED) is 0.612. The van der Waals surface area contributed by atoms with Gasteiger partial charge in [-0.05, 0) is 72.5 Å². The SMILES string of the molecule is CC(C)c1nc(-c2ccc(Br)c(Br)c2)[nH]c(=O)c1I. The van der Waals surface area contributed by atoms with E-state index >= 15 is 0 Å². The van der Waals surface area contributed by atoms with Gasteiger partial charge < -0.3 is 4.98 Å². The molecule has 0 atom stereocenters. The van der Waals surface area contributed by atoms with Gasteiger partial charge in [-0.2, -0.15) is 0 Å². The first-order chi connectivity index (χ1) is 8.90. The van der Waals surface area contributed by atoms with E-state index < -0.39 is 0 Å². The molecule has 19 heavy (non-hydrogen) atoms. The predicted octanol–water partition coefficient (Wildman–Crippen LogP) is 4.69. The van der Waals surface area contributed by atoms with E-state index in [0.717, 1.165) is 20.2 Å². The first-order valence-electron chi connectivity index (χ1n) is 5.65. The minimum absolute atomic E-state index is 0.0895. The first-order valence-corrected chi connectivity index (χ1v) is 8.31. The number of benzene rings is 1. The molecule has 0 spiro atoms. The van der Waals surface area contributed by atoms with Crippen LogP contribution in [0.3, 0.4) is 0 Å². The number of aromatic nitrogens is 2. The van der Waals surface area contributed by atoms with Crippen LogP contribution in [0.1, 0.15) is 25.5 Å². The van der Waals surface area contributed by atoms with E-state index in [-0.39, 0.29) is 11.5 Å². The van der Waals surface area contributed by atoms with Crippen LogP contribution >= 0.6 is 54.5 Å². The van der Waals surface area contributed by atoms with Gasteiger partial charge in [-0.15, -0.1) is 0 Å². The molecular weight excluding hydrogens is 487 g/mol. The molecular formula is C13H11Br2IN2O. The number of nitrogens with one attached hydrogen (secondary N) is 1. The maximum atomic E-state index is 12.0. The highest BCUT2D eigenvalue weighted by Crippen LogP contribution is 2.28. The smallest absolute Gasteiger partial charge is 0.264 e. The zero-order valence-corrected chi connectivity index (χ0v) is 15.6. The van der Waals surface area contributed by atoms with Gasteiger partial charge in [0.2, 0.25) is 0 Å². The van der Waals surface area contributed by atoms with Gasteiger partial charge >= 0.3 is 0 Å². The Hall–Kier alpha value is -0.210. The molecule has 0 aliphatic heterocycles. The first kappa shape index (κ1) is 15.2. The van der Waals surface area contributed by atoms with Gasteiger partial charge in [0, 0.05) is 14.5 Å². The van der Waals surface area contributed by atoms with Crippen molar-refractivity contribution < 1.29 is 0 Å². The van der Waals surface area contributed by atoms with Gasteiger partial charge in [0.05, 0.1) is 9.26 Å². The van der Waals surface area contributed by atoms with Gasteiger partial charge in [0.15, 0.2) is 0 Å². The predicted molar refractivity (Wildman–Crippen MR) is 92.5 cm³/mol. The summed E-state index contributed by atoms with van der Waals surface area (Å²) in [6.07, 6.45) is 0. The lowest BCUT2D eigenvalue weighted by Crippen LogP contribution is -2.17. The Balaban J connectivity index is 2.63. The molecule has 0 radical (unpaired) electrons. The van der Waals surface area contributed by atoms with Crippen LogP contribution in [0.5, 0.6) is 0 Å². The lowest BCUT2D eigenvalue weighted by Gasteiger charge is -2.10. The molecule has 1 aromatic carbocycles. The second-order valence-electron chi connectivity index (χ2n) is 4.40. The molecule has 0 saturated heterocycles. The number of aromatic amines is 1. The van der Waals surface area contributed by atoms with Gasteiger partial charge in [-0.1, -0.05) is 19.9 Å². The zero-order valence-electron chi connectivity index (χ0n) is 10.3. The maximum Gasteiger partial charge on any atom is 0.264 e. The number of hydrogen-bond acceptors (Lipinski definition) is 2. The molecule has 1 N–H and O–H groups in total. The van der Waals surface area contributed by atoms with E-state index in [1.165, 1.54) is 0 Å². The Labute approximate surface area is 141 Å². The summed E-state index contributed by atoms with van der Waals surface area (Å²) in [5.41, 5.74) is 1.62. The summed E-state index contributed by atoms with van der Waals surface area (Å²) >= 11 is 8.93. The third kappa shape index (κ3) is 3.28. The van der Waals surface area contributed by atoms with Crippen LogP contribution in [0.25, 0.3) is 11.4 Å². The molecule has 0 amide bonds. The van der Waals surface area contributed by atoms with Gasteiger partial charge in [-0.25, -0.2) is 4.98 Å². The normalized spacial score (nSPS) is 11.1. The standard InChI is InChI=1S/C13H11Br2IN2O/c1-6(2)11-10(16)13(19)18-12(17-11)7-3-4-8(14)9(15)5-7/h3-6H,1-2H3,(H,17,18,19). The van der Waals surface area contributed by atoms with Crippen molar-refractivity contribution in [2.24, 2.45) is 0 Å². The van der Waals surface area contributed by atoms with E-state index in [4.69, 9.17) is 0 Å². The topological polar surface area (TPSA) is 45.8 Å². The molecule has 2 aromatic rings. The van der Waals surface area contributed by atoms with Crippen LogP contribution < -0.4 is 5.56 Å². The van der Waals surface area contributed by atoms with Crippen LogP contribution in [0.4, 0.5) is 0 Å². The summed E-state index contributed by atoms with van der Waals surface area (Å²) in [5, 5.41) is 0. The highest BCUT2D eigenvalue weighted by Gasteiger charge is 2.13. The molecule has 1 aromatic heterocycles. The molecule has 0 bridgehead atoms. The van der Waals surface area contributed by atoms with Crippen LogP contribution in [-0.2, 0) is 0 Å². The Morgan fingerprint density at radius 2 is 1.95 bits per heavy atom. The molecule has 0 fully saturated rings. The second-order valence-corrected chi connectivity index (χ2v) is 7.18. The average Bonchev–Trinajstić information content (AvgIpc) is 2.35. The van der Waals surface area contributed by atoms with Crippen LogP contribution in [-0.4, -0.2) is 9.97 Å². The molecule has 0 aliphatic rings. The van der Waals surface area contributed by atoms with E-state index in [0.29, 0.717) is 9.39 Å². The zero-order chi connectivity index (χ0) is 14.2. The minimum Gasteiger partial charge on any atom is -0.306 e. The molecule has 2 rings (SSSR count). The maximum absolute atomic E-state index is 12.0. The van der Waals surface area contributed by atoms with Gasteiger partial charge in [0.1, 0.15) is 5.82 Å². The lowest BCUT2D eigenvalue weighted by atomic mass is 10.1. The summed E-state index contributed by atoms with van der Waals surface area (Å²) in [5.74, 6) is 0.814. The summed E-state index contributed by atoms with van der Waals surface area (Å²) < 4.78 is 2.55. The van der Waals surface area contributed by atoms with E-state index in [1.54, 1.807) is 0 Å². The molecule has 0 saturated carbocycles. The van der Waals surface area contributed by atoms with Crippen LogP contribution in [0, 0.1) is 3.57 Å². The third-order valence-corrected chi connectivity index (χ3v) is 5.55. The van der Waals surface area contributed by atoms with Crippen LogP contribution in [0.15, 0.2) is 31.9 Å². The fourth-order valence-electron chi connectivity index (χ4n) is 1.64. The molecule has 6 heteroatoms. The Bertz CT molecular complexity index is 683. The number of H-pyrrole nitrogens is 1. The van der Waals surface area contributed by atoms with Crippen molar-refractivity contribution in [3.63, 3.8) is 0 Å². The van der Waals surface area contributed by atoms with Gasteiger partial charge in [0.25, 0.3) is 5.56 Å². The number of hydrogen-bond donors (Lipinski definition) is 1.